The van der Waals surface area contributed by atoms with Crippen LogP contribution in [0.1, 0.15) is 25.7 Å². The smallest absolute Gasteiger partial charge is 0.226 e. The van der Waals surface area contributed by atoms with Crippen molar-refractivity contribution in [1.29, 1.82) is 0 Å². The minimum atomic E-state index is -0.285. The number of carbonyl (C=O) groups excluding carboxylic acids is 1. The lowest BCUT2D eigenvalue weighted by atomic mass is 9.91. The van der Waals surface area contributed by atoms with Crippen LogP contribution >= 0.6 is 0 Å². The van der Waals surface area contributed by atoms with E-state index in [0.29, 0.717) is 17.9 Å². The number of aliphatic hydroxyl groups is 1. The number of carbonyl (C=O) groups is 1. The van der Waals surface area contributed by atoms with Crippen molar-refractivity contribution in [1.82, 2.24) is 10.2 Å². The lowest BCUT2D eigenvalue weighted by molar-refractivity contribution is -0.132. The van der Waals surface area contributed by atoms with Gasteiger partial charge >= 0.3 is 0 Å². The van der Waals surface area contributed by atoms with Gasteiger partial charge in [-0.15, -0.1) is 0 Å². The van der Waals surface area contributed by atoms with Crippen molar-refractivity contribution in [3.63, 3.8) is 0 Å². The molecule has 1 spiro atoms. The molecule has 1 amide bonds. The fourth-order valence-corrected chi connectivity index (χ4v) is 3.34. The molecule has 2 atom stereocenters. The third-order valence-electron chi connectivity index (χ3n) is 4.56. The summed E-state index contributed by atoms with van der Waals surface area (Å²) < 4.78 is 0. The van der Waals surface area contributed by atoms with Gasteiger partial charge in [0.2, 0.25) is 5.91 Å². The third kappa shape index (κ3) is 1.64. The standard InChI is InChI=1S/C12H20N2O2/c15-9-1-6-14(8-9)11(16)10-7-12(10)2-4-13-5-3-12/h9-10,13,15H,1-8H2/t9-,10?/m1/s1. The molecule has 3 fully saturated rings. The zero-order chi connectivity index (χ0) is 11.2. The number of aliphatic hydroxyl groups excluding tert-OH is 1. The highest BCUT2D eigenvalue weighted by Crippen LogP contribution is 2.59. The van der Waals surface area contributed by atoms with Crippen LogP contribution in [0.15, 0.2) is 0 Å². The number of hydrogen-bond acceptors (Lipinski definition) is 3. The van der Waals surface area contributed by atoms with Crippen LogP contribution < -0.4 is 5.32 Å². The Balaban J connectivity index is 1.61. The average Bonchev–Trinajstić information content (AvgIpc) is 2.79. The summed E-state index contributed by atoms with van der Waals surface area (Å²) in [5.41, 5.74) is 0.329. The molecule has 0 aromatic heterocycles. The molecule has 2 aliphatic heterocycles. The van der Waals surface area contributed by atoms with E-state index in [1.54, 1.807) is 0 Å². The predicted molar refractivity (Wildman–Crippen MR) is 59.8 cm³/mol. The summed E-state index contributed by atoms with van der Waals surface area (Å²) in [5.74, 6) is 0.568. The molecule has 3 rings (SSSR count). The fraction of sp³-hybridized carbons (Fsp3) is 0.917. The summed E-state index contributed by atoms with van der Waals surface area (Å²) >= 11 is 0. The van der Waals surface area contributed by atoms with Crippen LogP contribution in [0.4, 0.5) is 0 Å². The maximum Gasteiger partial charge on any atom is 0.226 e. The highest BCUT2D eigenvalue weighted by atomic mass is 16.3. The van der Waals surface area contributed by atoms with Gasteiger partial charge in [-0.1, -0.05) is 0 Å². The zero-order valence-electron chi connectivity index (χ0n) is 9.61. The highest BCUT2D eigenvalue weighted by Gasteiger charge is 2.58. The minimum Gasteiger partial charge on any atom is -0.391 e. The Labute approximate surface area is 96.0 Å². The van der Waals surface area contributed by atoms with Crippen molar-refractivity contribution >= 4 is 5.91 Å². The largest absolute Gasteiger partial charge is 0.391 e. The van der Waals surface area contributed by atoms with Crippen molar-refractivity contribution in [2.24, 2.45) is 11.3 Å². The minimum absolute atomic E-state index is 0.264. The highest BCUT2D eigenvalue weighted by molar-refractivity contribution is 5.83. The Kier molecular flexibility index (Phi) is 2.44. The van der Waals surface area contributed by atoms with Crippen LogP contribution in [0.3, 0.4) is 0 Å². The first-order chi connectivity index (χ1) is 7.71. The van der Waals surface area contributed by atoms with Gasteiger partial charge in [-0.25, -0.2) is 0 Å². The quantitative estimate of drug-likeness (QED) is 0.657. The lowest BCUT2D eigenvalue weighted by Gasteiger charge is -2.24. The molecule has 4 nitrogen and oxygen atoms in total. The molecule has 4 heteroatoms. The van der Waals surface area contributed by atoms with Gasteiger partial charge in [-0.05, 0) is 44.2 Å². The van der Waals surface area contributed by atoms with Crippen LogP contribution in [-0.4, -0.2) is 48.2 Å². The van der Waals surface area contributed by atoms with Gasteiger partial charge in [0, 0.05) is 19.0 Å². The average molecular weight is 224 g/mol. The van der Waals surface area contributed by atoms with E-state index in [9.17, 15) is 9.90 Å². The Bertz CT molecular complexity index is 299. The van der Waals surface area contributed by atoms with Crippen molar-refractivity contribution in [2.75, 3.05) is 26.2 Å². The van der Waals surface area contributed by atoms with Gasteiger partial charge in [0.1, 0.15) is 0 Å². The molecule has 0 radical (unpaired) electrons. The summed E-state index contributed by atoms with van der Waals surface area (Å²) in [7, 11) is 0. The summed E-state index contributed by atoms with van der Waals surface area (Å²) in [6, 6.07) is 0. The van der Waals surface area contributed by atoms with Crippen molar-refractivity contribution in [2.45, 2.75) is 31.8 Å². The monoisotopic (exact) mass is 224 g/mol. The Hall–Kier alpha value is -0.610. The van der Waals surface area contributed by atoms with E-state index in [0.717, 1.165) is 45.3 Å². The molecule has 2 N–H and O–H groups in total. The van der Waals surface area contributed by atoms with Crippen molar-refractivity contribution in [3.05, 3.63) is 0 Å². The number of hydrogen-bond donors (Lipinski definition) is 2. The number of likely N-dealkylation sites (tertiary alicyclic amines) is 1. The second-order valence-electron chi connectivity index (χ2n) is 5.60. The summed E-state index contributed by atoms with van der Waals surface area (Å²) in [5, 5.41) is 12.8. The fourth-order valence-electron chi connectivity index (χ4n) is 3.34. The van der Waals surface area contributed by atoms with Crippen LogP contribution in [0.5, 0.6) is 0 Å². The van der Waals surface area contributed by atoms with Crippen LogP contribution in [0.25, 0.3) is 0 Å². The van der Waals surface area contributed by atoms with Gasteiger partial charge in [0.15, 0.2) is 0 Å². The third-order valence-corrected chi connectivity index (χ3v) is 4.56. The Morgan fingerprint density at radius 1 is 1.38 bits per heavy atom. The SMILES string of the molecule is O=C(C1CC12CCNCC2)N1CC[C@@H](O)C1. The molecule has 3 aliphatic rings. The number of piperidine rings is 1. The van der Waals surface area contributed by atoms with E-state index in [1.807, 2.05) is 4.90 Å². The van der Waals surface area contributed by atoms with Gasteiger partial charge in [-0.3, -0.25) is 4.79 Å². The second kappa shape index (κ2) is 3.70. The van der Waals surface area contributed by atoms with Gasteiger partial charge in [-0.2, -0.15) is 0 Å². The van der Waals surface area contributed by atoms with Crippen LogP contribution in [0, 0.1) is 11.3 Å². The van der Waals surface area contributed by atoms with Gasteiger partial charge in [0.25, 0.3) is 0 Å². The maximum absolute atomic E-state index is 12.2. The van der Waals surface area contributed by atoms with Crippen molar-refractivity contribution in [3.8, 4) is 0 Å². The molecule has 0 bridgehead atoms. The summed E-state index contributed by atoms with van der Waals surface area (Å²) in [6.45, 7) is 3.44. The summed E-state index contributed by atoms with van der Waals surface area (Å²) in [6.07, 6.45) is 3.86. The molecule has 2 heterocycles. The van der Waals surface area contributed by atoms with Gasteiger partial charge < -0.3 is 15.3 Å². The first-order valence-corrected chi connectivity index (χ1v) is 6.39. The maximum atomic E-state index is 12.2. The first-order valence-electron chi connectivity index (χ1n) is 6.39. The Morgan fingerprint density at radius 2 is 2.12 bits per heavy atom. The van der Waals surface area contributed by atoms with Crippen molar-refractivity contribution < 1.29 is 9.90 Å². The van der Waals surface area contributed by atoms with E-state index >= 15 is 0 Å². The topological polar surface area (TPSA) is 52.6 Å². The molecule has 2 saturated heterocycles. The predicted octanol–water partition coefficient (Wildman–Crippen LogP) is -0.0307. The molecular weight excluding hydrogens is 204 g/mol. The lowest BCUT2D eigenvalue weighted by Crippen LogP contribution is -2.35. The molecule has 90 valence electrons. The van der Waals surface area contributed by atoms with Crippen LogP contribution in [0.2, 0.25) is 0 Å². The van der Waals surface area contributed by atoms with E-state index in [2.05, 4.69) is 5.32 Å². The number of nitrogens with zero attached hydrogens (tertiary/aromatic N) is 1. The molecule has 1 saturated carbocycles. The molecule has 16 heavy (non-hydrogen) atoms. The van der Waals surface area contributed by atoms with E-state index in [-0.39, 0.29) is 12.0 Å². The molecule has 0 aromatic rings. The molecule has 1 aliphatic carbocycles. The van der Waals surface area contributed by atoms with Gasteiger partial charge in [0.05, 0.1) is 6.10 Å². The zero-order valence-corrected chi connectivity index (χ0v) is 9.61. The summed E-state index contributed by atoms with van der Waals surface area (Å²) in [4.78, 5) is 14.1. The normalized spacial score (nSPS) is 36.7. The molecule has 0 aromatic carbocycles. The number of nitrogens with one attached hydrogen (secondary N) is 1. The first kappa shape index (κ1) is 10.5. The van der Waals surface area contributed by atoms with E-state index in [1.165, 1.54) is 0 Å². The second-order valence-corrected chi connectivity index (χ2v) is 5.60. The molecule has 1 unspecified atom stereocenters. The number of amides is 1. The Morgan fingerprint density at radius 3 is 2.75 bits per heavy atom. The van der Waals surface area contributed by atoms with Crippen LogP contribution in [-0.2, 0) is 4.79 Å². The molecular formula is C12H20N2O2. The van der Waals surface area contributed by atoms with E-state index in [4.69, 9.17) is 0 Å². The van der Waals surface area contributed by atoms with E-state index < -0.39 is 0 Å². The number of β-amino-alcohol motifs (C(OH)–C–C–N with tert-alkyl or cyclic N) is 1. The number of rotatable bonds is 1.